The molecule has 8 nitrogen and oxygen atoms in total. The van der Waals surface area contributed by atoms with E-state index in [1.165, 1.54) is 6.07 Å². The molecule has 0 aliphatic carbocycles. The zero-order valence-electron chi connectivity index (χ0n) is 10.7. The van der Waals surface area contributed by atoms with Crippen LogP contribution in [-0.2, 0) is 4.79 Å². The van der Waals surface area contributed by atoms with Gasteiger partial charge >= 0.3 is 5.69 Å². The Bertz CT molecular complexity index is 464. The number of amides is 1. The molecule has 104 valence electrons. The number of pyridine rings is 1. The van der Waals surface area contributed by atoms with Crippen LogP contribution < -0.4 is 16.4 Å². The third-order valence-electron chi connectivity index (χ3n) is 2.32. The molecule has 0 radical (unpaired) electrons. The molecule has 0 saturated heterocycles. The number of nitrogens with one attached hydrogen (secondary N) is 2. The molecule has 0 fully saturated rings. The van der Waals surface area contributed by atoms with Crippen LogP contribution in [-0.4, -0.2) is 28.9 Å². The van der Waals surface area contributed by atoms with Crippen molar-refractivity contribution in [1.82, 2.24) is 4.98 Å². The number of nitro groups is 1. The molecule has 0 saturated carbocycles. The lowest BCUT2D eigenvalue weighted by molar-refractivity contribution is -0.384. The number of nitrogens with zero attached hydrogens (tertiary/aromatic N) is 2. The number of carbonyl (C=O) groups excluding carboxylic acids is 1. The fourth-order valence-corrected chi connectivity index (χ4v) is 1.48. The largest absolute Gasteiger partial charge is 0.370 e. The molecule has 0 spiro atoms. The SMILES string of the molecule is CCNc1ccc([N+](=O)[O-])c(NCCCC(N)=O)n1. The average Bonchev–Trinajstić information content (AvgIpc) is 2.34. The molecule has 1 heterocycles. The Morgan fingerprint density at radius 1 is 1.47 bits per heavy atom. The van der Waals surface area contributed by atoms with E-state index in [0.717, 1.165) is 0 Å². The van der Waals surface area contributed by atoms with Crippen molar-refractivity contribution in [3.63, 3.8) is 0 Å². The lowest BCUT2D eigenvalue weighted by atomic mass is 10.3. The summed E-state index contributed by atoms with van der Waals surface area (Å²) in [5.74, 6) is 0.351. The van der Waals surface area contributed by atoms with Crippen molar-refractivity contribution in [3.8, 4) is 0 Å². The molecule has 19 heavy (non-hydrogen) atoms. The second-order valence-electron chi connectivity index (χ2n) is 3.85. The molecule has 0 aliphatic rings. The standard InChI is InChI=1S/C11H17N5O3/c1-2-13-10-6-5-8(16(18)19)11(15-10)14-7-3-4-9(12)17/h5-6H,2-4,7H2,1H3,(H2,12,17)(H2,13,14,15). The van der Waals surface area contributed by atoms with Crippen molar-refractivity contribution < 1.29 is 9.72 Å². The first kappa shape index (κ1) is 14.7. The number of anilines is 2. The number of rotatable bonds is 8. The number of hydrogen-bond acceptors (Lipinski definition) is 6. The van der Waals surface area contributed by atoms with Gasteiger partial charge in [0.1, 0.15) is 5.82 Å². The highest BCUT2D eigenvalue weighted by Crippen LogP contribution is 2.23. The Hall–Kier alpha value is -2.38. The number of primary amides is 1. The first-order valence-corrected chi connectivity index (χ1v) is 5.96. The summed E-state index contributed by atoms with van der Waals surface area (Å²) in [6.07, 6.45) is 0.729. The zero-order valence-corrected chi connectivity index (χ0v) is 10.7. The van der Waals surface area contributed by atoms with Crippen LogP contribution >= 0.6 is 0 Å². The van der Waals surface area contributed by atoms with Gasteiger partial charge < -0.3 is 16.4 Å². The summed E-state index contributed by atoms with van der Waals surface area (Å²) in [7, 11) is 0. The van der Waals surface area contributed by atoms with Gasteiger partial charge in [0, 0.05) is 25.6 Å². The van der Waals surface area contributed by atoms with Crippen LogP contribution in [0.5, 0.6) is 0 Å². The van der Waals surface area contributed by atoms with Gasteiger partial charge in [0.25, 0.3) is 0 Å². The maximum atomic E-state index is 10.9. The summed E-state index contributed by atoms with van der Waals surface area (Å²) >= 11 is 0. The Labute approximate surface area is 110 Å². The fourth-order valence-electron chi connectivity index (χ4n) is 1.48. The van der Waals surface area contributed by atoms with Crippen LogP contribution in [0.2, 0.25) is 0 Å². The van der Waals surface area contributed by atoms with Crippen LogP contribution in [0.4, 0.5) is 17.3 Å². The highest BCUT2D eigenvalue weighted by molar-refractivity contribution is 5.73. The molecule has 0 aromatic carbocycles. The van der Waals surface area contributed by atoms with E-state index in [9.17, 15) is 14.9 Å². The van der Waals surface area contributed by atoms with Gasteiger partial charge in [-0.05, 0) is 19.4 Å². The van der Waals surface area contributed by atoms with Crippen molar-refractivity contribution in [3.05, 3.63) is 22.2 Å². The normalized spacial score (nSPS) is 9.95. The second-order valence-corrected chi connectivity index (χ2v) is 3.85. The van der Waals surface area contributed by atoms with Crippen LogP contribution in [0.15, 0.2) is 12.1 Å². The quantitative estimate of drug-likeness (QED) is 0.368. The highest BCUT2D eigenvalue weighted by atomic mass is 16.6. The van der Waals surface area contributed by atoms with Crippen molar-refractivity contribution in [2.75, 3.05) is 23.7 Å². The summed E-state index contributed by atoms with van der Waals surface area (Å²) in [6.45, 7) is 2.97. The van der Waals surface area contributed by atoms with E-state index < -0.39 is 10.8 Å². The minimum atomic E-state index is -0.501. The van der Waals surface area contributed by atoms with Crippen molar-refractivity contribution in [1.29, 1.82) is 0 Å². The molecule has 1 aromatic heterocycles. The number of carbonyl (C=O) groups is 1. The summed E-state index contributed by atoms with van der Waals surface area (Å²) < 4.78 is 0. The average molecular weight is 267 g/mol. The third kappa shape index (κ3) is 4.78. The molecule has 0 aliphatic heterocycles. The summed E-state index contributed by atoms with van der Waals surface area (Å²) in [5.41, 5.74) is 4.92. The zero-order chi connectivity index (χ0) is 14.3. The van der Waals surface area contributed by atoms with Crippen molar-refractivity contribution in [2.24, 2.45) is 5.73 Å². The monoisotopic (exact) mass is 267 g/mol. The van der Waals surface area contributed by atoms with Crippen molar-refractivity contribution in [2.45, 2.75) is 19.8 Å². The smallest absolute Gasteiger partial charge is 0.311 e. The molecule has 1 rings (SSSR count). The highest BCUT2D eigenvalue weighted by Gasteiger charge is 2.15. The Morgan fingerprint density at radius 2 is 2.21 bits per heavy atom. The van der Waals surface area contributed by atoms with E-state index >= 15 is 0 Å². The minimum Gasteiger partial charge on any atom is -0.370 e. The number of nitrogens with two attached hydrogens (primary N) is 1. The fraction of sp³-hybridized carbons (Fsp3) is 0.455. The minimum absolute atomic E-state index is 0.0965. The summed E-state index contributed by atoms with van der Waals surface area (Å²) in [5, 5.41) is 16.7. The Morgan fingerprint density at radius 3 is 2.79 bits per heavy atom. The van der Waals surface area contributed by atoms with E-state index in [0.29, 0.717) is 25.3 Å². The molecular formula is C11H17N5O3. The third-order valence-corrected chi connectivity index (χ3v) is 2.32. The molecule has 8 heteroatoms. The molecular weight excluding hydrogens is 250 g/mol. The molecule has 0 unspecified atom stereocenters. The van der Waals surface area contributed by atoms with Gasteiger partial charge in [0.05, 0.1) is 4.92 Å². The van der Waals surface area contributed by atoms with Crippen molar-refractivity contribution >= 4 is 23.2 Å². The van der Waals surface area contributed by atoms with Crippen LogP contribution in [0.25, 0.3) is 0 Å². The van der Waals surface area contributed by atoms with E-state index in [4.69, 9.17) is 5.73 Å². The van der Waals surface area contributed by atoms with Gasteiger partial charge in [-0.15, -0.1) is 0 Å². The maximum absolute atomic E-state index is 10.9. The molecule has 4 N–H and O–H groups in total. The summed E-state index contributed by atoms with van der Waals surface area (Å²) in [4.78, 5) is 25.1. The Balaban J connectivity index is 2.73. The van der Waals surface area contributed by atoms with E-state index in [-0.39, 0.29) is 17.9 Å². The van der Waals surface area contributed by atoms with Gasteiger partial charge in [-0.25, -0.2) is 4.98 Å². The van der Waals surface area contributed by atoms with Gasteiger partial charge in [-0.3, -0.25) is 14.9 Å². The second kappa shape index (κ2) is 7.14. The van der Waals surface area contributed by atoms with Crippen LogP contribution in [0, 0.1) is 10.1 Å². The summed E-state index contributed by atoms with van der Waals surface area (Å²) in [6, 6.07) is 2.94. The van der Waals surface area contributed by atoms with Gasteiger partial charge in [-0.2, -0.15) is 0 Å². The predicted octanol–water partition coefficient (Wildman–Crippen LogP) is 1.10. The molecule has 1 aromatic rings. The topological polar surface area (TPSA) is 123 Å². The van der Waals surface area contributed by atoms with Gasteiger partial charge in [0.2, 0.25) is 11.7 Å². The predicted molar refractivity (Wildman–Crippen MR) is 72.0 cm³/mol. The lowest BCUT2D eigenvalue weighted by Gasteiger charge is -2.08. The molecule has 0 atom stereocenters. The van der Waals surface area contributed by atoms with E-state index in [2.05, 4.69) is 15.6 Å². The lowest BCUT2D eigenvalue weighted by Crippen LogP contribution is -2.13. The van der Waals surface area contributed by atoms with Gasteiger partial charge in [0.15, 0.2) is 0 Å². The van der Waals surface area contributed by atoms with Crippen LogP contribution in [0.3, 0.4) is 0 Å². The molecule has 0 bridgehead atoms. The Kier molecular flexibility index (Phi) is 5.52. The van der Waals surface area contributed by atoms with Crippen LogP contribution in [0.1, 0.15) is 19.8 Å². The van der Waals surface area contributed by atoms with Gasteiger partial charge in [-0.1, -0.05) is 0 Å². The number of aromatic nitrogens is 1. The first-order chi connectivity index (χ1) is 9.04. The number of hydrogen-bond donors (Lipinski definition) is 3. The molecule has 1 amide bonds. The maximum Gasteiger partial charge on any atom is 0.311 e. The van der Waals surface area contributed by atoms with E-state index in [1.54, 1.807) is 6.07 Å². The first-order valence-electron chi connectivity index (χ1n) is 5.96. The van der Waals surface area contributed by atoms with E-state index in [1.807, 2.05) is 6.92 Å².